The molecule has 0 radical (unpaired) electrons. The van der Waals surface area contributed by atoms with E-state index in [2.05, 4.69) is 4.90 Å². The Kier molecular flexibility index (Phi) is 2.52. The van der Waals surface area contributed by atoms with Gasteiger partial charge in [0.2, 0.25) is 0 Å². The zero-order valence-corrected chi connectivity index (χ0v) is 9.75. The van der Waals surface area contributed by atoms with Gasteiger partial charge >= 0.3 is 0 Å². The molecule has 2 unspecified atom stereocenters. The summed E-state index contributed by atoms with van der Waals surface area (Å²) in [5.41, 5.74) is 6.50. The van der Waals surface area contributed by atoms with E-state index in [9.17, 15) is 0 Å². The summed E-state index contributed by atoms with van der Waals surface area (Å²) in [5.74, 6) is 2.08. The SMILES string of the molecule is NC1(CCN2CC3CCCC3C2)CCC1. The Labute approximate surface area is 93.2 Å². The van der Waals surface area contributed by atoms with Gasteiger partial charge in [0.1, 0.15) is 0 Å². The lowest BCUT2D eigenvalue weighted by atomic mass is 9.75. The smallest absolute Gasteiger partial charge is 0.0166 e. The predicted molar refractivity (Wildman–Crippen MR) is 62.7 cm³/mol. The van der Waals surface area contributed by atoms with Gasteiger partial charge in [0, 0.05) is 18.6 Å². The molecule has 3 rings (SSSR count). The Bertz CT molecular complexity index is 223. The van der Waals surface area contributed by atoms with E-state index in [4.69, 9.17) is 5.73 Å². The Balaban J connectivity index is 1.45. The first-order valence-corrected chi connectivity index (χ1v) is 6.76. The van der Waals surface area contributed by atoms with E-state index in [1.54, 1.807) is 0 Å². The van der Waals surface area contributed by atoms with Crippen molar-refractivity contribution in [2.24, 2.45) is 17.6 Å². The van der Waals surface area contributed by atoms with Crippen molar-refractivity contribution in [2.45, 2.75) is 50.5 Å². The van der Waals surface area contributed by atoms with Gasteiger partial charge in [-0.15, -0.1) is 0 Å². The number of nitrogens with zero attached hydrogens (tertiary/aromatic N) is 1. The molecule has 2 nitrogen and oxygen atoms in total. The minimum Gasteiger partial charge on any atom is -0.325 e. The van der Waals surface area contributed by atoms with Crippen molar-refractivity contribution >= 4 is 0 Å². The lowest BCUT2D eigenvalue weighted by molar-refractivity contribution is 0.191. The predicted octanol–water partition coefficient (Wildman–Crippen LogP) is 1.99. The third-order valence-electron chi connectivity index (χ3n) is 5.08. The van der Waals surface area contributed by atoms with Crippen LogP contribution >= 0.6 is 0 Å². The fourth-order valence-electron chi connectivity index (χ4n) is 3.78. The van der Waals surface area contributed by atoms with Crippen LogP contribution in [0, 0.1) is 11.8 Å². The van der Waals surface area contributed by atoms with Gasteiger partial charge in [0.25, 0.3) is 0 Å². The van der Waals surface area contributed by atoms with E-state index < -0.39 is 0 Å². The van der Waals surface area contributed by atoms with Gasteiger partial charge in [-0.2, -0.15) is 0 Å². The zero-order valence-electron chi connectivity index (χ0n) is 9.75. The van der Waals surface area contributed by atoms with Gasteiger partial charge in [-0.3, -0.25) is 0 Å². The standard InChI is InChI=1S/C13H24N2/c14-13(5-2-6-13)7-8-15-9-11-3-1-4-12(11)10-15/h11-12H,1-10,14H2. The van der Waals surface area contributed by atoms with Crippen molar-refractivity contribution < 1.29 is 0 Å². The minimum absolute atomic E-state index is 0.234. The lowest BCUT2D eigenvalue weighted by Gasteiger charge is -2.39. The molecule has 0 bridgehead atoms. The maximum Gasteiger partial charge on any atom is 0.0166 e. The van der Waals surface area contributed by atoms with Gasteiger partial charge in [0.15, 0.2) is 0 Å². The van der Waals surface area contributed by atoms with Crippen molar-refractivity contribution in [3.05, 3.63) is 0 Å². The fourth-order valence-corrected chi connectivity index (χ4v) is 3.78. The monoisotopic (exact) mass is 208 g/mol. The molecule has 0 aromatic heterocycles. The van der Waals surface area contributed by atoms with Crippen LogP contribution in [0.2, 0.25) is 0 Å². The molecule has 2 atom stereocenters. The molecular weight excluding hydrogens is 184 g/mol. The summed E-state index contributed by atoms with van der Waals surface area (Å²) in [6.07, 6.45) is 9.63. The molecule has 1 heterocycles. The van der Waals surface area contributed by atoms with E-state index in [1.165, 1.54) is 64.6 Å². The zero-order chi connectivity index (χ0) is 10.3. The van der Waals surface area contributed by atoms with Crippen LogP contribution in [-0.2, 0) is 0 Å². The van der Waals surface area contributed by atoms with Crippen LogP contribution in [0.4, 0.5) is 0 Å². The second-order valence-electron chi connectivity index (χ2n) is 6.18. The Hall–Kier alpha value is -0.0800. The van der Waals surface area contributed by atoms with Crippen LogP contribution in [0.15, 0.2) is 0 Å². The van der Waals surface area contributed by atoms with E-state index in [-0.39, 0.29) is 5.54 Å². The number of nitrogens with two attached hydrogens (primary N) is 1. The van der Waals surface area contributed by atoms with Crippen molar-refractivity contribution in [1.29, 1.82) is 0 Å². The van der Waals surface area contributed by atoms with Crippen molar-refractivity contribution in [3.8, 4) is 0 Å². The topological polar surface area (TPSA) is 29.3 Å². The first kappa shape index (κ1) is 10.1. The normalized spacial score (nSPS) is 39.0. The molecule has 1 aliphatic heterocycles. The molecule has 1 saturated heterocycles. The summed E-state index contributed by atoms with van der Waals surface area (Å²) in [5, 5.41) is 0. The molecular formula is C13H24N2. The number of rotatable bonds is 3. The third kappa shape index (κ3) is 1.94. The van der Waals surface area contributed by atoms with Crippen LogP contribution < -0.4 is 5.73 Å². The number of hydrogen-bond acceptors (Lipinski definition) is 2. The second-order valence-corrected chi connectivity index (χ2v) is 6.18. The number of likely N-dealkylation sites (tertiary alicyclic amines) is 1. The van der Waals surface area contributed by atoms with Gasteiger partial charge in [-0.25, -0.2) is 0 Å². The van der Waals surface area contributed by atoms with Crippen LogP contribution in [0.25, 0.3) is 0 Å². The summed E-state index contributed by atoms with van der Waals surface area (Å²) < 4.78 is 0. The van der Waals surface area contributed by atoms with E-state index in [0.29, 0.717) is 0 Å². The molecule has 2 aliphatic carbocycles. The van der Waals surface area contributed by atoms with E-state index in [1.807, 2.05) is 0 Å². The molecule has 3 fully saturated rings. The quantitative estimate of drug-likeness (QED) is 0.768. The highest BCUT2D eigenvalue weighted by molar-refractivity contribution is 4.95. The average molecular weight is 208 g/mol. The summed E-state index contributed by atoms with van der Waals surface area (Å²) in [7, 11) is 0. The number of fused-ring (bicyclic) bond motifs is 1. The summed E-state index contributed by atoms with van der Waals surface area (Å²) in [6, 6.07) is 0. The van der Waals surface area contributed by atoms with Crippen molar-refractivity contribution in [1.82, 2.24) is 4.90 Å². The molecule has 15 heavy (non-hydrogen) atoms. The largest absolute Gasteiger partial charge is 0.325 e. The highest BCUT2D eigenvalue weighted by Gasteiger charge is 2.38. The fraction of sp³-hybridized carbons (Fsp3) is 1.00. The highest BCUT2D eigenvalue weighted by Crippen LogP contribution is 2.38. The molecule has 3 aliphatic rings. The first-order chi connectivity index (χ1) is 7.25. The average Bonchev–Trinajstić information content (AvgIpc) is 2.70. The maximum atomic E-state index is 6.27. The third-order valence-corrected chi connectivity index (χ3v) is 5.08. The molecule has 2 heteroatoms. The first-order valence-electron chi connectivity index (χ1n) is 6.76. The van der Waals surface area contributed by atoms with Crippen molar-refractivity contribution in [3.63, 3.8) is 0 Å². The summed E-state index contributed by atoms with van der Waals surface area (Å²) in [4.78, 5) is 2.68. The van der Waals surface area contributed by atoms with Gasteiger partial charge < -0.3 is 10.6 Å². The second kappa shape index (κ2) is 3.74. The summed E-state index contributed by atoms with van der Waals surface area (Å²) >= 11 is 0. The van der Waals surface area contributed by atoms with Gasteiger partial charge in [-0.05, 0) is 56.9 Å². The highest BCUT2D eigenvalue weighted by atomic mass is 15.2. The lowest BCUT2D eigenvalue weighted by Crippen LogP contribution is -2.48. The maximum absolute atomic E-state index is 6.27. The Morgan fingerprint density at radius 1 is 1.07 bits per heavy atom. The molecule has 2 saturated carbocycles. The Morgan fingerprint density at radius 3 is 2.27 bits per heavy atom. The van der Waals surface area contributed by atoms with Crippen LogP contribution in [0.5, 0.6) is 0 Å². The minimum atomic E-state index is 0.234. The van der Waals surface area contributed by atoms with Gasteiger partial charge in [0.05, 0.1) is 0 Å². The van der Waals surface area contributed by atoms with Crippen LogP contribution in [0.1, 0.15) is 44.9 Å². The van der Waals surface area contributed by atoms with E-state index in [0.717, 1.165) is 11.8 Å². The molecule has 0 aromatic carbocycles. The Morgan fingerprint density at radius 2 is 1.73 bits per heavy atom. The van der Waals surface area contributed by atoms with Crippen molar-refractivity contribution in [2.75, 3.05) is 19.6 Å². The molecule has 0 aromatic rings. The molecule has 0 amide bonds. The number of hydrogen-bond donors (Lipinski definition) is 1. The molecule has 86 valence electrons. The summed E-state index contributed by atoms with van der Waals surface area (Å²) in [6.45, 7) is 4.02. The van der Waals surface area contributed by atoms with Crippen LogP contribution in [0.3, 0.4) is 0 Å². The molecule has 2 N–H and O–H groups in total. The van der Waals surface area contributed by atoms with Gasteiger partial charge in [-0.1, -0.05) is 6.42 Å². The van der Waals surface area contributed by atoms with Crippen LogP contribution in [-0.4, -0.2) is 30.1 Å². The van der Waals surface area contributed by atoms with E-state index >= 15 is 0 Å². The molecule has 0 spiro atoms.